The third-order valence-electron chi connectivity index (χ3n) is 4.42. The van der Waals surface area contributed by atoms with E-state index in [4.69, 9.17) is 0 Å². The summed E-state index contributed by atoms with van der Waals surface area (Å²) in [5.74, 6) is -0.209. The Labute approximate surface area is 147 Å². The summed E-state index contributed by atoms with van der Waals surface area (Å²) in [6.07, 6.45) is -0.594. The van der Waals surface area contributed by atoms with E-state index in [9.17, 15) is 15.0 Å². The van der Waals surface area contributed by atoms with Crippen molar-refractivity contribution in [3.8, 4) is 0 Å². The third kappa shape index (κ3) is 4.58. The number of nitrogens with zero attached hydrogens (tertiary/aromatic N) is 1. The van der Waals surface area contributed by atoms with Gasteiger partial charge in [0.15, 0.2) is 0 Å². The molecule has 5 N–H and O–H groups in total. The second kappa shape index (κ2) is 8.64. The van der Waals surface area contributed by atoms with Gasteiger partial charge in [-0.1, -0.05) is 0 Å². The van der Waals surface area contributed by atoms with Gasteiger partial charge in [-0.2, -0.15) is 0 Å². The van der Waals surface area contributed by atoms with Crippen LogP contribution >= 0.6 is 12.4 Å². The zero-order chi connectivity index (χ0) is 16.2. The van der Waals surface area contributed by atoms with Crippen LogP contribution in [-0.2, 0) is 0 Å². The van der Waals surface area contributed by atoms with Crippen molar-refractivity contribution in [3.63, 3.8) is 0 Å². The summed E-state index contributed by atoms with van der Waals surface area (Å²) < 4.78 is 0. The molecule has 1 aromatic rings. The van der Waals surface area contributed by atoms with Crippen molar-refractivity contribution in [1.82, 2.24) is 16.0 Å². The second-order valence-electron chi connectivity index (χ2n) is 6.07. The lowest BCUT2D eigenvalue weighted by atomic mass is 10.0. The Bertz CT molecular complexity index is 537. The van der Waals surface area contributed by atoms with E-state index in [2.05, 4.69) is 20.9 Å². The standard InChI is InChI=1S/C16H24N4O3.ClH/c21-14-6-5-13(16(23)19-14)18-15(22)11-1-3-12(4-2-11)20-9-7-17-8-10-20;/h1-4,13-14,16-17,19,21,23H,5-10H2,(H,18,22);1H. The summed E-state index contributed by atoms with van der Waals surface area (Å²) in [7, 11) is 0. The molecule has 8 heteroatoms. The van der Waals surface area contributed by atoms with E-state index < -0.39 is 18.5 Å². The number of rotatable bonds is 3. The lowest BCUT2D eigenvalue weighted by Crippen LogP contribution is -2.56. The summed E-state index contributed by atoms with van der Waals surface area (Å²) in [6, 6.07) is 7.15. The van der Waals surface area contributed by atoms with Crippen molar-refractivity contribution in [2.45, 2.75) is 31.3 Å². The molecule has 3 unspecified atom stereocenters. The SMILES string of the molecule is Cl.O=C(NC1CCC(O)NC1O)c1ccc(N2CCNCC2)cc1. The fourth-order valence-electron chi connectivity index (χ4n) is 3.04. The first kappa shape index (κ1) is 19.0. The Balaban J connectivity index is 0.00000208. The highest BCUT2D eigenvalue weighted by atomic mass is 35.5. The summed E-state index contributed by atoms with van der Waals surface area (Å²) >= 11 is 0. The van der Waals surface area contributed by atoms with Crippen molar-refractivity contribution in [3.05, 3.63) is 29.8 Å². The molecule has 2 aliphatic rings. The number of hydrogen-bond donors (Lipinski definition) is 5. The average Bonchev–Trinajstić information content (AvgIpc) is 2.58. The Kier molecular flexibility index (Phi) is 6.82. The Morgan fingerprint density at radius 3 is 2.42 bits per heavy atom. The lowest BCUT2D eigenvalue weighted by Gasteiger charge is -2.32. The molecule has 24 heavy (non-hydrogen) atoms. The molecule has 2 fully saturated rings. The summed E-state index contributed by atoms with van der Waals surface area (Å²) in [5.41, 5.74) is 1.69. The molecular formula is C16H25ClN4O3. The van der Waals surface area contributed by atoms with E-state index >= 15 is 0 Å². The van der Waals surface area contributed by atoms with Crippen LogP contribution in [0.15, 0.2) is 24.3 Å². The van der Waals surface area contributed by atoms with Gasteiger partial charge >= 0.3 is 0 Å². The van der Waals surface area contributed by atoms with Gasteiger partial charge < -0.3 is 25.7 Å². The highest BCUT2D eigenvalue weighted by Crippen LogP contribution is 2.17. The summed E-state index contributed by atoms with van der Waals surface area (Å²) in [5, 5.41) is 28.0. The molecule has 0 bridgehead atoms. The summed E-state index contributed by atoms with van der Waals surface area (Å²) in [4.78, 5) is 14.6. The fraction of sp³-hybridized carbons (Fsp3) is 0.562. The molecule has 0 spiro atoms. The van der Waals surface area contributed by atoms with Crippen molar-refractivity contribution in [2.75, 3.05) is 31.1 Å². The largest absolute Gasteiger partial charge is 0.379 e. The molecule has 1 aromatic carbocycles. The molecule has 3 rings (SSSR count). The molecule has 134 valence electrons. The maximum atomic E-state index is 12.3. The van der Waals surface area contributed by atoms with Crippen LogP contribution in [0.2, 0.25) is 0 Å². The number of aliphatic hydroxyl groups excluding tert-OH is 2. The Morgan fingerprint density at radius 1 is 1.12 bits per heavy atom. The number of nitrogens with one attached hydrogen (secondary N) is 3. The maximum Gasteiger partial charge on any atom is 0.251 e. The molecule has 0 saturated carbocycles. The third-order valence-corrected chi connectivity index (χ3v) is 4.42. The number of amides is 1. The van der Waals surface area contributed by atoms with Crippen LogP contribution in [0.3, 0.4) is 0 Å². The van der Waals surface area contributed by atoms with E-state index in [-0.39, 0.29) is 18.3 Å². The predicted molar refractivity (Wildman–Crippen MR) is 94.4 cm³/mol. The highest BCUT2D eigenvalue weighted by Gasteiger charge is 2.28. The lowest BCUT2D eigenvalue weighted by molar-refractivity contribution is -0.0161. The molecule has 3 atom stereocenters. The first-order chi connectivity index (χ1) is 11.1. The number of piperazine rings is 1. The fourth-order valence-corrected chi connectivity index (χ4v) is 3.04. The second-order valence-corrected chi connectivity index (χ2v) is 6.07. The minimum atomic E-state index is -0.928. The number of hydrogen-bond acceptors (Lipinski definition) is 6. The van der Waals surface area contributed by atoms with Crippen LogP contribution in [0.1, 0.15) is 23.2 Å². The van der Waals surface area contributed by atoms with Crippen molar-refractivity contribution < 1.29 is 15.0 Å². The number of carbonyl (C=O) groups is 1. The number of benzene rings is 1. The molecule has 7 nitrogen and oxygen atoms in total. The monoisotopic (exact) mass is 356 g/mol. The van der Waals surface area contributed by atoms with Crippen molar-refractivity contribution >= 4 is 24.0 Å². The molecule has 0 aromatic heterocycles. The molecule has 0 aliphatic carbocycles. The molecule has 2 heterocycles. The quantitative estimate of drug-likeness (QED) is 0.507. The van der Waals surface area contributed by atoms with E-state index in [1.165, 1.54) is 0 Å². The zero-order valence-corrected chi connectivity index (χ0v) is 14.3. The molecule has 2 aliphatic heterocycles. The normalized spacial score (nSPS) is 27.2. The Morgan fingerprint density at radius 2 is 1.79 bits per heavy atom. The number of piperidine rings is 1. The van der Waals surface area contributed by atoms with Gasteiger partial charge in [0.25, 0.3) is 5.91 Å². The average molecular weight is 357 g/mol. The van der Waals surface area contributed by atoms with E-state index in [0.29, 0.717) is 18.4 Å². The number of halogens is 1. The van der Waals surface area contributed by atoms with Crippen LogP contribution in [-0.4, -0.2) is 60.8 Å². The topological polar surface area (TPSA) is 96.9 Å². The van der Waals surface area contributed by atoms with Crippen LogP contribution in [0, 0.1) is 0 Å². The smallest absolute Gasteiger partial charge is 0.251 e. The predicted octanol–water partition coefficient (Wildman–Crippen LogP) is -0.363. The van der Waals surface area contributed by atoms with Gasteiger partial charge in [-0.3, -0.25) is 10.1 Å². The molecule has 1 amide bonds. The van der Waals surface area contributed by atoms with Gasteiger partial charge in [0.05, 0.1) is 6.04 Å². The minimum Gasteiger partial charge on any atom is -0.379 e. The Hall–Kier alpha value is -1.38. The van der Waals surface area contributed by atoms with Gasteiger partial charge in [0.2, 0.25) is 0 Å². The van der Waals surface area contributed by atoms with Gasteiger partial charge in [-0.05, 0) is 37.1 Å². The van der Waals surface area contributed by atoms with Crippen LogP contribution in [0.5, 0.6) is 0 Å². The summed E-state index contributed by atoms with van der Waals surface area (Å²) in [6.45, 7) is 3.88. The molecule has 2 saturated heterocycles. The molecule has 0 radical (unpaired) electrons. The van der Waals surface area contributed by atoms with E-state index in [1.807, 2.05) is 24.3 Å². The first-order valence-electron chi connectivity index (χ1n) is 8.12. The van der Waals surface area contributed by atoms with Crippen molar-refractivity contribution in [2.24, 2.45) is 0 Å². The van der Waals surface area contributed by atoms with Gasteiger partial charge in [0.1, 0.15) is 12.5 Å². The van der Waals surface area contributed by atoms with E-state index in [0.717, 1.165) is 31.9 Å². The van der Waals surface area contributed by atoms with Crippen LogP contribution < -0.4 is 20.9 Å². The highest BCUT2D eigenvalue weighted by molar-refractivity contribution is 5.94. The van der Waals surface area contributed by atoms with Crippen LogP contribution in [0.25, 0.3) is 0 Å². The maximum absolute atomic E-state index is 12.3. The zero-order valence-electron chi connectivity index (χ0n) is 13.4. The van der Waals surface area contributed by atoms with Gasteiger partial charge in [-0.25, -0.2) is 0 Å². The number of aliphatic hydroxyl groups is 2. The minimum absolute atomic E-state index is 0. The van der Waals surface area contributed by atoms with E-state index in [1.54, 1.807) is 0 Å². The van der Waals surface area contributed by atoms with Gasteiger partial charge in [0, 0.05) is 37.4 Å². The van der Waals surface area contributed by atoms with Crippen molar-refractivity contribution in [1.29, 1.82) is 0 Å². The van der Waals surface area contributed by atoms with Crippen LogP contribution in [0.4, 0.5) is 5.69 Å². The number of carbonyl (C=O) groups excluding carboxylic acids is 1. The van der Waals surface area contributed by atoms with Gasteiger partial charge in [-0.15, -0.1) is 12.4 Å². The molecular weight excluding hydrogens is 332 g/mol. The number of anilines is 1. The first-order valence-corrected chi connectivity index (χ1v) is 8.12.